The number of hydrazone groups is 1. The van der Waals surface area contributed by atoms with Gasteiger partial charge < -0.3 is 14.1 Å². The number of rotatable bonds is 8. The van der Waals surface area contributed by atoms with E-state index in [0.717, 1.165) is 18.7 Å². The Morgan fingerprint density at radius 3 is 2.56 bits per heavy atom. The molecule has 0 N–H and O–H groups in total. The zero-order valence-electron chi connectivity index (χ0n) is 19.7. The SMILES string of the molecule is CC(C)C(=O)N(CCN1CCOCC1)CC(=O)N1N=C(c2ccc(F)cc2)C[C@@H]1c1ccco1. The Kier molecular flexibility index (Phi) is 7.74. The topological polar surface area (TPSA) is 78.6 Å². The van der Waals surface area contributed by atoms with Crippen LogP contribution in [0.15, 0.2) is 52.2 Å². The van der Waals surface area contributed by atoms with Gasteiger partial charge in [0.25, 0.3) is 5.91 Å². The van der Waals surface area contributed by atoms with Crippen LogP contribution in [0.1, 0.15) is 37.6 Å². The van der Waals surface area contributed by atoms with E-state index in [4.69, 9.17) is 9.15 Å². The van der Waals surface area contributed by atoms with Gasteiger partial charge in [0.05, 0.1) is 25.2 Å². The van der Waals surface area contributed by atoms with Crippen LogP contribution in [-0.2, 0) is 14.3 Å². The van der Waals surface area contributed by atoms with Gasteiger partial charge in [-0.3, -0.25) is 14.5 Å². The molecule has 2 aliphatic heterocycles. The predicted octanol–water partition coefficient (Wildman–Crippen LogP) is 2.91. The molecule has 0 aliphatic carbocycles. The first-order valence-electron chi connectivity index (χ1n) is 11.7. The zero-order valence-corrected chi connectivity index (χ0v) is 19.7. The second-order valence-electron chi connectivity index (χ2n) is 8.90. The van der Waals surface area contributed by atoms with Crippen molar-refractivity contribution in [3.05, 3.63) is 59.8 Å². The maximum absolute atomic E-state index is 13.5. The molecule has 2 aromatic rings. The molecule has 0 unspecified atom stereocenters. The van der Waals surface area contributed by atoms with Crippen LogP contribution in [0.25, 0.3) is 0 Å². The molecule has 1 fully saturated rings. The second kappa shape index (κ2) is 10.9. The van der Waals surface area contributed by atoms with Crippen LogP contribution in [0, 0.1) is 11.7 Å². The predicted molar refractivity (Wildman–Crippen MR) is 125 cm³/mol. The van der Waals surface area contributed by atoms with Crippen LogP contribution in [0.3, 0.4) is 0 Å². The Balaban J connectivity index is 1.52. The molecule has 9 heteroatoms. The van der Waals surface area contributed by atoms with Gasteiger partial charge in [0.15, 0.2) is 0 Å². The molecular formula is C25H31FN4O4. The van der Waals surface area contributed by atoms with Gasteiger partial charge >= 0.3 is 0 Å². The number of nitrogens with zero attached hydrogens (tertiary/aromatic N) is 4. The molecule has 8 nitrogen and oxygen atoms in total. The summed E-state index contributed by atoms with van der Waals surface area (Å²) in [6, 6.07) is 9.21. The minimum Gasteiger partial charge on any atom is -0.467 e. The molecular weight excluding hydrogens is 439 g/mol. The summed E-state index contributed by atoms with van der Waals surface area (Å²) < 4.78 is 24.4. The van der Waals surface area contributed by atoms with E-state index in [1.54, 1.807) is 29.4 Å². The molecule has 1 saturated heterocycles. The van der Waals surface area contributed by atoms with Crippen LogP contribution in [-0.4, -0.2) is 78.3 Å². The maximum atomic E-state index is 13.5. The first kappa shape index (κ1) is 24.1. The lowest BCUT2D eigenvalue weighted by Crippen LogP contribution is -2.47. The Morgan fingerprint density at radius 1 is 1.18 bits per heavy atom. The zero-order chi connectivity index (χ0) is 24.1. The van der Waals surface area contributed by atoms with Crippen molar-refractivity contribution in [2.24, 2.45) is 11.0 Å². The molecule has 182 valence electrons. The van der Waals surface area contributed by atoms with Gasteiger partial charge in [-0.15, -0.1) is 0 Å². The summed E-state index contributed by atoms with van der Waals surface area (Å²) in [6.07, 6.45) is 2.00. The van der Waals surface area contributed by atoms with Crippen molar-refractivity contribution in [1.82, 2.24) is 14.8 Å². The maximum Gasteiger partial charge on any atom is 0.262 e. The fourth-order valence-electron chi connectivity index (χ4n) is 4.21. The van der Waals surface area contributed by atoms with Gasteiger partial charge in [-0.05, 0) is 29.8 Å². The van der Waals surface area contributed by atoms with Gasteiger partial charge in [-0.2, -0.15) is 5.10 Å². The van der Waals surface area contributed by atoms with Crippen LogP contribution in [0.2, 0.25) is 0 Å². The monoisotopic (exact) mass is 470 g/mol. The van der Waals surface area contributed by atoms with Gasteiger partial charge in [0.1, 0.15) is 24.2 Å². The van der Waals surface area contributed by atoms with E-state index in [1.165, 1.54) is 17.1 Å². The van der Waals surface area contributed by atoms with E-state index in [9.17, 15) is 14.0 Å². The van der Waals surface area contributed by atoms with Crippen molar-refractivity contribution in [2.75, 3.05) is 45.9 Å². The fourth-order valence-corrected chi connectivity index (χ4v) is 4.21. The summed E-state index contributed by atoms with van der Waals surface area (Å²) in [5.74, 6) is -0.298. The number of carbonyl (C=O) groups excluding carboxylic acids is 2. The Bertz CT molecular complexity index is 1000. The summed E-state index contributed by atoms with van der Waals surface area (Å²) in [5, 5.41) is 6.00. The molecule has 0 saturated carbocycles. The number of amides is 2. The third-order valence-electron chi connectivity index (χ3n) is 6.14. The van der Waals surface area contributed by atoms with E-state index < -0.39 is 6.04 Å². The molecule has 1 atom stereocenters. The lowest BCUT2D eigenvalue weighted by atomic mass is 10.0. The van der Waals surface area contributed by atoms with Crippen molar-refractivity contribution < 1.29 is 23.1 Å². The third kappa shape index (κ3) is 5.71. The molecule has 1 aromatic heterocycles. The molecule has 2 aliphatic rings. The van der Waals surface area contributed by atoms with Crippen molar-refractivity contribution in [2.45, 2.75) is 26.3 Å². The summed E-state index contributed by atoms with van der Waals surface area (Å²) in [7, 11) is 0. The number of hydrogen-bond acceptors (Lipinski definition) is 6. The lowest BCUT2D eigenvalue weighted by molar-refractivity contribution is -0.143. The number of halogens is 1. The molecule has 2 amide bonds. The van der Waals surface area contributed by atoms with E-state index in [0.29, 0.717) is 44.2 Å². The summed E-state index contributed by atoms with van der Waals surface area (Å²) >= 11 is 0. The molecule has 4 rings (SSSR count). The molecule has 0 bridgehead atoms. The Morgan fingerprint density at radius 2 is 1.91 bits per heavy atom. The van der Waals surface area contributed by atoms with Crippen molar-refractivity contribution in [1.29, 1.82) is 0 Å². The first-order chi connectivity index (χ1) is 16.4. The number of morpholine rings is 1. The Labute approximate surface area is 198 Å². The molecule has 1 aromatic carbocycles. The minimum atomic E-state index is -0.419. The molecule has 34 heavy (non-hydrogen) atoms. The van der Waals surface area contributed by atoms with Crippen LogP contribution < -0.4 is 0 Å². The summed E-state index contributed by atoms with van der Waals surface area (Å²) in [6.45, 7) is 7.72. The van der Waals surface area contributed by atoms with E-state index >= 15 is 0 Å². The number of furan rings is 1. The minimum absolute atomic E-state index is 0.0707. The smallest absolute Gasteiger partial charge is 0.262 e. The van der Waals surface area contributed by atoms with Gasteiger partial charge in [0, 0.05) is 38.5 Å². The van der Waals surface area contributed by atoms with E-state index in [-0.39, 0.29) is 30.1 Å². The first-order valence-corrected chi connectivity index (χ1v) is 11.7. The highest BCUT2D eigenvalue weighted by Gasteiger charge is 2.36. The van der Waals surface area contributed by atoms with Crippen molar-refractivity contribution in [3.63, 3.8) is 0 Å². The average molecular weight is 471 g/mol. The standard InChI is InChI=1S/C25H31FN4O4/c1-18(2)25(32)29(10-9-28-11-14-33-15-12-28)17-24(31)30-22(23-4-3-13-34-23)16-21(27-30)19-5-7-20(26)8-6-19/h3-8,13,18,22H,9-12,14-17H2,1-2H3/t22-/m1/s1. The number of hydrogen-bond donors (Lipinski definition) is 0. The average Bonchev–Trinajstić information content (AvgIpc) is 3.52. The Hall–Kier alpha value is -3.04. The highest BCUT2D eigenvalue weighted by atomic mass is 19.1. The van der Waals surface area contributed by atoms with Gasteiger partial charge in [0.2, 0.25) is 5.91 Å². The summed E-state index contributed by atoms with van der Waals surface area (Å²) in [5.41, 5.74) is 1.42. The summed E-state index contributed by atoms with van der Waals surface area (Å²) in [4.78, 5) is 30.2. The van der Waals surface area contributed by atoms with Crippen molar-refractivity contribution in [3.8, 4) is 0 Å². The number of ether oxygens (including phenoxy) is 1. The molecule has 0 radical (unpaired) electrons. The highest BCUT2D eigenvalue weighted by Crippen LogP contribution is 2.33. The third-order valence-corrected chi connectivity index (χ3v) is 6.14. The number of carbonyl (C=O) groups is 2. The van der Waals surface area contributed by atoms with Crippen molar-refractivity contribution >= 4 is 17.5 Å². The highest BCUT2D eigenvalue weighted by molar-refractivity contribution is 6.03. The van der Waals surface area contributed by atoms with Gasteiger partial charge in [-0.25, -0.2) is 9.40 Å². The van der Waals surface area contributed by atoms with E-state index in [2.05, 4.69) is 10.0 Å². The lowest BCUT2D eigenvalue weighted by Gasteiger charge is -2.31. The number of benzene rings is 1. The molecule has 3 heterocycles. The largest absolute Gasteiger partial charge is 0.467 e. The quantitative estimate of drug-likeness (QED) is 0.593. The fraction of sp³-hybridized carbons (Fsp3) is 0.480. The van der Waals surface area contributed by atoms with Gasteiger partial charge in [-0.1, -0.05) is 26.0 Å². The normalized spacial score (nSPS) is 18.9. The second-order valence-corrected chi connectivity index (χ2v) is 8.90. The van der Waals surface area contributed by atoms with Crippen LogP contribution in [0.5, 0.6) is 0 Å². The van der Waals surface area contributed by atoms with Crippen LogP contribution in [0.4, 0.5) is 4.39 Å². The van der Waals surface area contributed by atoms with E-state index in [1.807, 2.05) is 19.9 Å². The van der Waals surface area contributed by atoms with Crippen LogP contribution >= 0.6 is 0 Å². The molecule has 0 spiro atoms.